The Morgan fingerprint density at radius 2 is 1.78 bits per heavy atom. The molecule has 2 aromatic rings. The number of carbonyl (C=O) groups is 2. The predicted molar refractivity (Wildman–Crippen MR) is 118 cm³/mol. The average molecular weight is 487 g/mol. The Bertz CT molecular complexity index is 1030. The minimum Gasteiger partial charge on any atom is -0.343 e. The first kappa shape index (κ1) is 24.4. The maximum atomic E-state index is 13.3. The van der Waals surface area contributed by atoms with Crippen LogP contribution >= 0.6 is 23.2 Å². The van der Waals surface area contributed by atoms with Gasteiger partial charge < -0.3 is 9.80 Å². The summed E-state index contributed by atoms with van der Waals surface area (Å²) in [6.45, 7) is 3.88. The highest BCUT2D eigenvalue weighted by molar-refractivity contribution is 6.36. The smallest absolute Gasteiger partial charge is 0.343 e. The van der Waals surface area contributed by atoms with Gasteiger partial charge in [0.05, 0.1) is 22.1 Å². The lowest BCUT2D eigenvalue weighted by Crippen LogP contribution is -2.40. The minimum atomic E-state index is -4.50. The molecular weight excluding hydrogens is 464 g/mol. The van der Waals surface area contributed by atoms with E-state index in [1.807, 2.05) is 13.8 Å². The Morgan fingerprint density at radius 1 is 1.09 bits per heavy atom. The zero-order valence-corrected chi connectivity index (χ0v) is 19.3. The van der Waals surface area contributed by atoms with Gasteiger partial charge in [0.1, 0.15) is 0 Å². The van der Waals surface area contributed by atoms with Gasteiger partial charge in [-0.25, -0.2) is 0 Å². The lowest BCUT2D eigenvalue weighted by molar-refractivity contribution is -0.137. The number of hydrogen-bond acceptors (Lipinski definition) is 2. The Kier molecular flexibility index (Phi) is 7.10. The third-order valence-electron chi connectivity index (χ3n) is 5.85. The van der Waals surface area contributed by atoms with Gasteiger partial charge in [0.2, 0.25) is 5.91 Å². The molecular formula is C23H23Cl2F3N2O2. The van der Waals surface area contributed by atoms with Crippen molar-refractivity contribution in [1.29, 1.82) is 0 Å². The van der Waals surface area contributed by atoms with Crippen LogP contribution in [-0.2, 0) is 11.0 Å². The molecule has 3 rings (SSSR count). The summed E-state index contributed by atoms with van der Waals surface area (Å²) >= 11 is 12.1. The van der Waals surface area contributed by atoms with Crippen molar-refractivity contribution < 1.29 is 22.8 Å². The van der Waals surface area contributed by atoms with E-state index < -0.39 is 29.5 Å². The Hall–Kier alpha value is -2.25. The normalized spacial score (nSPS) is 18.8. The van der Waals surface area contributed by atoms with Crippen LogP contribution in [-0.4, -0.2) is 47.8 Å². The highest BCUT2D eigenvalue weighted by Gasteiger charge is 2.43. The van der Waals surface area contributed by atoms with Gasteiger partial charge in [-0.1, -0.05) is 41.4 Å². The Balaban J connectivity index is 1.98. The first-order chi connectivity index (χ1) is 14.9. The van der Waals surface area contributed by atoms with Crippen LogP contribution in [0.15, 0.2) is 42.5 Å². The van der Waals surface area contributed by atoms with Crippen molar-refractivity contribution in [2.45, 2.75) is 32.0 Å². The lowest BCUT2D eigenvalue weighted by atomic mass is 9.87. The van der Waals surface area contributed by atoms with Crippen LogP contribution in [0.3, 0.4) is 0 Å². The molecule has 2 aromatic carbocycles. The molecule has 1 aliphatic rings. The van der Waals surface area contributed by atoms with Crippen LogP contribution in [0.1, 0.15) is 41.3 Å². The van der Waals surface area contributed by atoms with Gasteiger partial charge in [0.15, 0.2) is 0 Å². The molecule has 1 aliphatic heterocycles. The van der Waals surface area contributed by atoms with Crippen LogP contribution in [0.4, 0.5) is 13.2 Å². The van der Waals surface area contributed by atoms with Crippen LogP contribution in [0.2, 0.25) is 10.0 Å². The van der Waals surface area contributed by atoms with Gasteiger partial charge in [-0.15, -0.1) is 0 Å². The molecule has 0 unspecified atom stereocenters. The average Bonchev–Trinajstić information content (AvgIpc) is 3.17. The summed E-state index contributed by atoms with van der Waals surface area (Å²) in [7, 11) is 1.65. The summed E-state index contributed by atoms with van der Waals surface area (Å²) in [5, 5.41) is 0.550. The third kappa shape index (κ3) is 5.04. The molecule has 0 bridgehead atoms. The SMILES string of the molecule is CC(C)N(C)C(=O)[C@H]1CN(C(=O)c2ccc(Cl)cc2Cl)C[C@H]1c1cccc(C(F)(F)F)c1. The van der Waals surface area contributed by atoms with E-state index in [0.717, 1.165) is 12.1 Å². The fourth-order valence-electron chi connectivity index (χ4n) is 3.85. The van der Waals surface area contributed by atoms with Crippen molar-refractivity contribution >= 4 is 35.0 Å². The molecule has 4 nitrogen and oxygen atoms in total. The van der Waals surface area contributed by atoms with E-state index in [1.165, 1.54) is 29.2 Å². The summed E-state index contributed by atoms with van der Waals surface area (Å²) in [4.78, 5) is 29.4. The second kappa shape index (κ2) is 9.32. The summed E-state index contributed by atoms with van der Waals surface area (Å²) in [6, 6.07) is 9.34. The summed E-state index contributed by atoms with van der Waals surface area (Å²) < 4.78 is 39.8. The summed E-state index contributed by atoms with van der Waals surface area (Å²) in [5.41, 5.74) is -0.194. The van der Waals surface area contributed by atoms with Crippen molar-refractivity contribution in [3.63, 3.8) is 0 Å². The van der Waals surface area contributed by atoms with E-state index >= 15 is 0 Å². The summed E-state index contributed by atoms with van der Waals surface area (Å²) in [6.07, 6.45) is -4.50. The second-order valence-electron chi connectivity index (χ2n) is 8.21. The van der Waals surface area contributed by atoms with Crippen molar-refractivity contribution in [3.8, 4) is 0 Å². The quantitative estimate of drug-likeness (QED) is 0.553. The van der Waals surface area contributed by atoms with E-state index in [9.17, 15) is 22.8 Å². The summed E-state index contributed by atoms with van der Waals surface area (Å²) in [5.74, 6) is -1.88. The van der Waals surface area contributed by atoms with Crippen LogP contribution in [0.25, 0.3) is 0 Å². The molecule has 1 fully saturated rings. The number of rotatable bonds is 4. The number of carbonyl (C=O) groups excluding carboxylic acids is 2. The zero-order chi connectivity index (χ0) is 23.8. The van der Waals surface area contributed by atoms with Crippen molar-refractivity contribution in [2.75, 3.05) is 20.1 Å². The highest BCUT2D eigenvalue weighted by atomic mass is 35.5. The van der Waals surface area contributed by atoms with E-state index in [4.69, 9.17) is 23.2 Å². The standard InChI is InChI=1S/C23H23Cl2F3N2O2/c1-13(2)29(3)21(31)19-12-30(22(32)17-8-7-16(24)10-20(17)25)11-18(19)14-5-4-6-15(9-14)23(26,27)28/h4-10,13,18-19H,11-12H2,1-3H3/t18-,19-/m0/s1. The number of amides is 2. The fourth-order valence-corrected chi connectivity index (χ4v) is 4.34. The van der Waals surface area contributed by atoms with Crippen LogP contribution in [0, 0.1) is 5.92 Å². The molecule has 0 saturated carbocycles. The van der Waals surface area contributed by atoms with Crippen LogP contribution in [0.5, 0.6) is 0 Å². The van der Waals surface area contributed by atoms with Gasteiger partial charge in [-0.3, -0.25) is 9.59 Å². The number of alkyl halides is 3. The molecule has 0 aromatic heterocycles. The molecule has 0 aliphatic carbocycles. The molecule has 172 valence electrons. The largest absolute Gasteiger partial charge is 0.416 e. The monoisotopic (exact) mass is 486 g/mol. The molecule has 32 heavy (non-hydrogen) atoms. The van der Waals surface area contributed by atoms with Gasteiger partial charge in [-0.2, -0.15) is 13.2 Å². The molecule has 0 spiro atoms. The molecule has 0 N–H and O–H groups in total. The zero-order valence-electron chi connectivity index (χ0n) is 17.8. The lowest BCUT2D eigenvalue weighted by Gasteiger charge is -2.27. The second-order valence-corrected chi connectivity index (χ2v) is 9.06. The maximum absolute atomic E-state index is 13.3. The maximum Gasteiger partial charge on any atom is 0.416 e. The van der Waals surface area contributed by atoms with Crippen molar-refractivity contribution in [1.82, 2.24) is 9.80 Å². The molecule has 2 atom stereocenters. The molecule has 9 heteroatoms. The first-order valence-electron chi connectivity index (χ1n) is 10.1. The van der Waals surface area contributed by atoms with E-state index in [1.54, 1.807) is 18.0 Å². The fraction of sp³-hybridized carbons (Fsp3) is 0.391. The van der Waals surface area contributed by atoms with Crippen molar-refractivity contribution in [3.05, 3.63) is 69.2 Å². The topological polar surface area (TPSA) is 40.6 Å². The van der Waals surface area contributed by atoms with Gasteiger partial charge in [-0.05, 0) is 43.7 Å². The number of likely N-dealkylation sites (tertiary alicyclic amines) is 1. The highest BCUT2D eigenvalue weighted by Crippen LogP contribution is 2.38. The molecule has 0 radical (unpaired) electrons. The molecule has 1 heterocycles. The Labute approximate surface area is 194 Å². The van der Waals surface area contributed by atoms with Gasteiger partial charge in [0.25, 0.3) is 5.91 Å². The number of nitrogens with zero attached hydrogens (tertiary/aromatic N) is 2. The third-order valence-corrected chi connectivity index (χ3v) is 6.40. The van der Waals surface area contributed by atoms with E-state index in [-0.39, 0.29) is 35.6 Å². The number of benzene rings is 2. The number of hydrogen-bond donors (Lipinski definition) is 0. The predicted octanol–water partition coefficient (Wildman–Crippen LogP) is 5.73. The molecule has 1 saturated heterocycles. The van der Waals surface area contributed by atoms with Crippen LogP contribution < -0.4 is 0 Å². The van der Waals surface area contributed by atoms with E-state index in [2.05, 4.69) is 0 Å². The Morgan fingerprint density at radius 3 is 2.38 bits per heavy atom. The number of halogens is 5. The van der Waals surface area contributed by atoms with E-state index in [0.29, 0.717) is 10.6 Å². The van der Waals surface area contributed by atoms with Gasteiger partial charge in [0, 0.05) is 37.1 Å². The van der Waals surface area contributed by atoms with Gasteiger partial charge >= 0.3 is 6.18 Å². The minimum absolute atomic E-state index is 0.0780. The first-order valence-corrected chi connectivity index (χ1v) is 10.8. The van der Waals surface area contributed by atoms with Crippen molar-refractivity contribution in [2.24, 2.45) is 5.92 Å². The molecule has 2 amide bonds.